The number of H-pyrrole nitrogens is 1. The number of ether oxygens (including phenoxy) is 1. The van der Waals surface area contributed by atoms with E-state index in [2.05, 4.69) is 20.3 Å². The van der Waals surface area contributed by atoms with Gasteiger partial charge in [-0.15, -0.1) is 0 Å². The topological polar surface area (TPSA) is 106 Å². The number of aromatic amines is 1. The summed E-state index contributed by atoms with van der Waals surface area (Å²) in [6.45, 7) is 0.609. The number of aromatic nitrogens is 3. The molecule has 4 aromatic rings. The molecule has 1 aliphatic carbocycles. The normalized spacial score (nSPS) is 14.8. The van der Waals surface area contributed by atoms with E-state index in [4.69, 9.17) is 10.5 Å². The lowest BCUT2D eigenvalue weighted by atomic mass is 9.99. The van der Waals surface area contributed by atoms with E-state index in [0.29, 0.717) is 46.7 Å². The van der Waals surface area contributed by atoms with Gasteiger partial charge in [-0.05, 0) is 48.7 Å². The van der Waals surface area contributed by atoms with E-state index in [0.717, 1.165) is 43.0 Å². The molecule has 0 spiro atoms. The predicted octanol–water partition coefficient (Wildman–Crippen LogP) is 4.55. The van der Waals surface area contributed by atoms with Gasteiger partial charge in [-0.25, -0.2) is 13.8 Å². The maximum atomic E-state index is 13.5. The van der Waals surface area contributed by atoms with Crippen LogP contribution in [0.25, 0.3) is 22.2 Å². The fourth-order valence-corrected chi connectivity index (χ4v) is 4.73. The number of nitrogens with zero attached hydrogens (tertiary/aromatic N) is 2. The molecule has 2 heterocycles. The molecule has 1 aliphatic rings. The van der Waals surface area contributed by atoms with Crippen molar-refractivity contribution in [1.29, 1.82) is 0 Å². The summed E-state index contributed by atoms with van der Waals surface area (Å²) in [5.41, 5.74) is 8.82. The maximum Gasteiger partial charge on any atom is 0.258 e. The zero-order chi connectivity index (χ0) is 25.3. The minimum Gasteiger partial charge on any atom is -0.495 e. The zero-order valence-corrected chi connectivity index (χ0v) is 19.9. The number of halogens is 2. The maximum absolute atomic E-state index is 13.5. The number of fused-ring (bicyclic) bond motifs is 1. The van der Waals surface area contributed by atoms with Crippen LogP contribution in [0.3, 0.4) is 0 Å². The second kappa shape index (κ2) is 9.66. The van der Waals surface area contributed by atoms with Gasteiger partial charge in [0.05, 0.1) is 29.4 Å². The quantitative estimate of drug-likeness (QED) is 0.350. The average molecular weight is 492 g/mol. The summed E-state index contributed by atoms with van der Waals surface area (Å²) in [5.74, 6) is -0.299. The molecule has 0 unspecified atom stereocenters. The highest BCUT2D eigenvalue weighted by Crippen LogP contribution is 2.32. The van der Waals surface area contributed by atoms with Gasteiger partial charge in [0.2, 0.25) is 0 Å². The first-order valence-corrected chi connectivity index (χ1v) is 11.9. The number of anilines is 1. The molecular formula is C27H27F2N5O2. The summed E-state index contributed by atoms with van der Waals surface area (Å²) in [4.78, 5) is 24.6. The molecule has 0 amide bonds. The Balaban J connectivity index is 1.40. The third-order valence-electron chi connectivity index (χ3n) is 6.66. The van der Waals surface area contributed by atoms with Gasteiger partial charge in [0.15, 0.2) is 0 Å². The molecule has 0 atom stereocenters. The molecule has 9 heteroatoms. The van der Waals surface area contributed by atoms with Crippen molar-refractivity contribution in [2.45, 2.75) is 37.6 Å². The largest absolute Gasteiger partial charge is 0.495 e. The monoisotopic (exact) mass is 491 g/mol. The highest BCUT2D eigenvalue weighted by Gasteiger charge is 2.29. The fraction of sp³-hybridized carbons (Fsp3) is 0.296. The highest BCUT2D eigenvalue weighted by atomic mass is 19.1. The van der Waals surface area contributed by atoms with Crippen LogP contribution in [0.1, 0.15) is 37.1 Å². The van der Waals surface area contributed by atoms with Crippen LogP contribution < -0.4 is 21.3 Å². The lowest BCUT2D eigenvalue weighted by molar-refractivity contribution is 0.415. The van der Waals surface area contributed by atoms with E-state index in [1.165, 1.54) is 12.1 Å². The van der Waals surface area contributed by atoms with Gasteiger partial charge in [0, 0.05) is 36.3 Å². The number of hydrogen-bond donors (Lipinski definition) is 3. The predicted molar refractivity (Wildman–Crippen MR) is 135 cm³/mol. The Morgan fingerprint density at radius 3 is 2.53 bits per heavy atom. The molecule has 0 saturated heterocycles. The van der Waals surface area contributed by atoms with Crippen LogP contribution in [-0.4, -0.2) is 34.1 Å². The second-order valence-corrected chi connectivity index (χ2v) is 9.39. The first kappa shape index (κ1) is 23.9. The SMILES string of the molecule is COc1cc2c(=O)[nH]c(Cc3ccc(-c4cc(F)cc(F)c4)nc3)nc2cc1NCC1(N)CCCC1. The van der Waals surface area contributed by atoms with Crippen molar-refractivity contribution in [3.63, 3.8) is 0 Å². The van der Waals surface area contributed by atoms with Crippen LogP contribution in [0.2, 0.25) is 0 Å². The van der Waals surface area contributed by atoms with Gasteiger partial charge in [-0.3, -0.25) is 9.78 Å². The van der Waals surface area contributed by atoms with Gasteiger partial charge in [-0.2, -0.15) is 0 Å². The van der Waals surface area contributed by atoms with E-state index >= 15 is 0 Å². The van der Waals surface area contributed by atoms with Crippen molar-refractivity contribution in [2.24, 2.45) is 5.73 Å². The van der Waals surface area contributed by atoms with Crippen LogP contribution in [-0.2, 0) is 6.42 Å². The number of methoxy groups -OCH3 is 1. The first-order valence-electron chi connectivity index (χ1n) is 11.9. The fourth-order valence-electron chi connectivity index (χ4n) is 4.73. The molecule has 0 aliphatic heterocycles. The molecule has 2 aromatic carbocycles. The van der Waals surface area contributed by atoms with Gasteiger partial charge in [0.25, 0.3) is 5.56 Å². The number of hydrogen-bond acceptors (Lipinski definition) is 6. The van der Waals surface area contributed by atoms with Crippen molar-refractivity contribution < 1.29 is 13.5 Å². The molecule has 1 fully saturated rings. The van der Waals surface area contributed by atoms with Crippen LogP contribution in [0.4, 0.5) is 14.5 Å². The zero-order valence-electron chi connectivity index (χ0n) is 19.9. The third-order valence-corrected chi connectivity index (χ3v) is 6.66. The molecule has 36 heavy (non-hydrogen) atoms. The van der Waals surface area contributed by atoms with Crippen molar-refractivity contribution in [3.8, 4) is 17.0 Å². The molecule has 0 bridgehead atoms. The molecule has 0 radical (unpaired) electrons. The second-order valence-electron chi connectivity index (χ2n) is 9.39. The van der Waals surface area contributed by atoms with Crippen molar-refractivity contribution in [2.75, 3.05) is 19.0 Å². The van der Waals surface area contributed by atoms with E-state index in [1.807, 2.05) is 6.07 Å². The van der Waals surface area contributed by atoms with Crippen LogP contribution in [0, 0.1) is 11.6 Å². The first-order chi connectivity index (χ1) is 17.3. The Bertz CT molecular complexity index is 1440. The summed E-state index contributed by atoms with van der Waals surface area (Å²) < 4.78 is 32.6. The van der Waals surface area contributed by atoms with Gasteiger partial charge in [-0.1, -0.05) is 18.9 Å². The Labute approximate surface area is 206 Å². The molecule has 4 N–H and O–H groups in total. The minimum atomic E-state index is -0.663. The Morgan fingerprint density at radius 1 is 1.11 bits per heavy atom. The minimum absolute atomic E-state index is 0.247. The average Bonchev–Trinajstić information content (AvgIpc) is 3.29. The Hall–Kier alpha value is -3.85. The number of pyridine rings is 1. The number of nitrogens with two attached hydrogens (primary N) is 1. The van der Waals surface area contributed by atoms with Crippen molar-refractivity contribution in [1.82, 2.24) is 15.0 Å². The molecule has 7 nitrogen and oxygen atoms in total. The van der Waals surface area contributed by atoms with Crippen molar-refractivity contribution >= 4 is 16.6 Å². The summed E-state index contributed by atoms with van der Waals surface area (Å²) >= 11 is 0. The van der Waals surface area contributed by atoms with Crippen LogP contribution in [0.5, 0.6) is 5.75 Å². The van der Waals surface area contributed by atoms with Crippen molar-refractivity contribution in [3.05, 3.63) is 82.0 Å². The summed E-state index contributed by atoms with van der Waals surface area (Å²) in [6, 6.07) is 10.2. The lowest BCUT2D eigenvalue weighted by Crippen LogP contribution is -2.43. The summed E-state index contributed by atoms with van der Waals surface area (Å²) in [6.07, 6.45) is 6.13. The van der Waals surface area contributed by atoms with Gasteiger partial charge >= 0.3 is 0 Å². The smallest absolute Gasteiger partial charge is 0.258 e. The van der Waals surface area contributed by atoms with E-state index in [9.17, 15) is 13.6 Å². The molecule has 1 saturated carbocycles. The Kier molecular flexibility index (Phi) is 6.40. The highest BCUT2D eigenvalue weighted by molar-refractivity contribution is 5.85. The van der Waals surface area contributed by atoms with E-state index in [-0.39, 0.29) is 11.1 Å². The van der Waals surface area contributed by atoms with Gasteiger partial charge < -0.3 is 20.8 Å². The number of rotatable bonds is 7. The summed E-state index contributed by atoms with van der Waals surface area (Å²) in [7, 11) is 1.56. The van der Waals surface area contributed by atoms with E-state index < -0.39 is 11.6 Å². The Morgan fingerprint density at radius 2 is 1.86 bits per heavy atom. The molecule has 2 aromatic heterocycles. The molecule has 186 valence electrons. The number of nitrogens with one attached hydrogen (secondary N) is 2. The van der Waals surface area contributed by atoms with Crippen LogP contribution in [0.15, 0.2) is 53.5 Å². The van der Waals surface area contributed by atoms with E-state index in [1.54, 1.807) is 31.5 Å². The third kappa shape index (κ3) is 5.06. The molecular weight excluding hydrogens is 464 g/mol. The van der Waals surface area contributed by atoms with Gasteiger partial charge in [0.1, 0.15) is 23.2 Å². The lowest BCUT2D eigenvalue weighted by Gasteiger charge is -2.25. The number of benzene rings is 2. The van der Waals surface area contributed by atoms with Crippen LogP contribution >= 0.6 is 0 Å². The summed E-state index contributed by atoms with van der Waals surface area (Å²) in [5, 5.41) is 3.81. The standard InChI is InChI=1S/C27H27F2N5O2/c1-36-24-12-20-22(13-23(24)32-15-27(30)6-2-3-7-27)33-25(34-26(20)35)8-16-4-5-21(31-14-16)17-9-18(28)11-19(29)10-17/h4-5,9-14,32H,2-3,6-8,15,30H2,1H3,(H,33,34,35). The molecule has 5 rings (SSSR count).